The summed E-state index contributed by atoms with van der Waals surface area (Å²) in [5.41, 5.74) is 8.23. The predicted molar refractivity (Wildman–Crippen MR) is 77.8 cm³/mol. The van der Waals surface area contributed by atoms with E-state index in [-0.39, 0.29) is 11.8 Å². The number of amides is 1. The first-order valence-corrected chi connectivity index (χ1v) is 6.54. The van der Waals surface area contributed by atoms with E-state index in [4.69, 9.17) is 5.73 Å². The largest absolute Gasteiger partial charge is 0.399 e. The molecule has 5 heteroatoms. The van der Waals surface area contributed by atoms with Gasteiger partial charge in [0.2, 0.25) is 5.91 Å². The number of carbonyl (C=O) groups is 1. The van der Waals surface area contributed by atoms with Crippen molar-refractivity contribution in [1.29, 1.82) is 0 Å². The first-order valence-electron chi connectivity index (χ1n) is 6.54. The minimum absolute atomic E-state index is 0.0000203. The summed E-state index contributed by atoms with van der Waals surface area (Å²) in [6.45, 7) is 2.43. The van der Waals surface area contributed by atoms with Gasteiger partial charge in [-0.1, -0.05) is 19.1 Å². The summed E-state index contributed by atoms with van der Waals surface area (Å²) in [7, 11) is 0. The number of carbonyl (C=O) groups excluding carboxylic acids is 1. The Bertz CT molecular complexity index is 554. The van der Waals surface area contributed by atoms with Crippen LogP contribution in [0, 0.1) is 0 Å². The quantitative estimate of drug-likeness (QED) is 0.813. The molecule has 0 aliphatic rings. The van der Waals surface area contributed by atoms with Gasteiger partial charge in [0, 0.05) is 18.3 Å². The van der Waals surface area contributed by atoms with E-state index >= 15 is 0 Å². The van der Waals surface area contributed by atoms with Gasteiger partial charge in [-0.15, -0.1) is 0 Å². The lowest BCUT2D eigenvalue weighted by Gasteiger charge is -2.12. The van der Waals surface area contributed by atoms with Crippen molar-refractivity contribution in [2.45, 2.75) is 25.8 Å². The van der Waals surface area contributed by atoms with Crippen LogP contribution in [0.3, 0.4) is 0 Å². The molecule has 0 aliphatic carbocycles. The molecular weight excluding hydrogens is 252 g/mol. The SMILES string of the molecule is CC(CC(=O)NCc1cccnn1)c1ccc(N)cc1. The van der Waals surface area contributed by atoms with Gasteiger partial charge in [0.05, 0.1) is 12.2 Å². The molecule has 0 saturated carbocycles. The van der Waals surface area contributed by atoms with Gasteiger partial charge in [0.15, 0.2) is 0 Å². The van der Waals surface area contributed by atoms with Crippen molar-refractivity contribution >= 4 is 11.6 Å². The Morgan fingerprint density at radius 1 is 1.30 bits per heavy atom. The maximum absolute atomic E-state index is 11.9. The van der Waals surface area contributed by atoms with E-state index in [1.165, 1.54) is 0 Å². The number of anilines is 1. The molecule has 1 heterocycles. The smallest absolute Gasteiger partial charge is 0.220 e. The van der Waals surface area contributed by atoms with Crippen LogP contribution in [0.2, 0.25) is 0 Å². The highest BCUT2D eigenvalue weighted by atomic mass is 16.1. The Kier molecular flexibility index (Phi) is 4.65. The number of hydrogen-bond donors (Lipinski definition) is 2. The lowest BCUT2D eigenvalue weighted by molar-refractivity contribution is -0.121. The molecule has 0 radical (unpaired) electrons. The van der Waals surface area contributed by atoms with E-state index in [1.807, 2.05) is 37.3 Å². The van der Waals surface area contributed by atoms with Gasteiger partial charge in [0.1, 0.15) is 0 Å². The van der Waals surface area contributed by atoms with E-state index < -0.39 is 0 Å². The van der Waals surface area contributed by atoms with Gasteiger partial charge in [-0.25, -0.2) is 0 Å². The van der Waals surface area contributed by atoms with Gasteiger partial charge < -0.3 is 11.1 Å². The molecule has 1 aromatic heterocycles. The summed E-state index contributed by atoms with van der Waals surface area (Å²) in [5.74, 6) is 0.150. The molecular formula is C15H18N4O. The number of benzene rings is 1. The fourth-order valence-corrected chi connectivity index (χ4v) is 1.91. The van der Waals surface area contributed by atoms with E-state index in [1.54, 1.807) is 12.3 Å². The molecule has 104 valence electrons. The number of aromatic nitrogens is 2. The number of nitrogen functional groups attached to an aromatic ring is 1. The Labute approximate surface area is 118 Å². The summed E-state index contributed by atoms with van der Waals surface area (Å²) in [5, 5.41) is 10.5. The Morgan fingerprint density at radius 2 is 2.05 bits per heavy atom. The first-order chi connectivity index (χ1) is 9.65. The van der Waals surface area contributed by atoms with Crippen LogP contribution in [-0.2, 0) is 11.3 Å². The summed E-state index contributed by atoms with van der Waals surface area (Å²) >= 11 is 0. The topological polar surface area (TPSA) is 80.9 Å². The summed E-state index contributed by atoms with van der Waals surface area (Å²) in [6.07, 6.45) is 2.04. The molecule has 0 fully saturated rings. The lowest BCUT2D eigenvalue weighted by Crippen LogP contribution is -2.24. The standard InChI is InChI=1S/C15H18N4O/c1-11(12-4-6-13(16)7-5-12)9-15(20)17-10-14-3-2-8-18-19-14/h2-8,11H,9-10,16H2,1H3,(H,17,20). The van der Waals surface area contributed by atoms with Crippen molar-refractivity contribution in [3.05, 3.63) is 53.9 Å². The third kappa shape index (κ3) is 4.05. The van der Waals surface area contributed by atoms with E-state index in [0.29, 0.717) is 13.0 Å². The molecule has 2 rings (SSSR count). The normalized spacial score (nSPS) is 11.8. The lowest BCUT2D eigenvalue weighted by atomic mass is 9.97. The zero-order chi connectivity index (χ0) is 14.4. The van der Waals surface area contributed by atoms with Crippen LogP contribution < -0.4 is 11.1 Å². The highest BCUT2D eigenvalue weighted by molar-refractivity contribution is 5.76. The van der Waals surface area contributed by atoms with Gasteiger partial charge in [-0.2, -0.15) is 10.2 Å². The Balaban J connectivity index is 1.83. The van der Waals surface area contributed by atoms with Crippen LogP contribution in [0.5, 0.6) is 0 Å². The Hall–Kier alpha value is -2.43. The van der Waals surface area contributed by atoms with Crippen LogP contribution >= 0.6 is 0 Å². The number of nitrogens with two attached hydrogens (primary N) is 1. The zero-order valence-electron chi connectivity index (χ0n) is 11.4. The second kappa shape index (κ2) is 6.65. The van der Waals surface area contributed by atoms with Crippen molar-refractivity contribution in [2.75, 3.05) is 5.73 Å². The minimum Gasteiger partial charge on any atom is -0.399 e. The summed E-state index contributed by atoms with van der Waals surface area (Å²) in [4.78, 5) is 11.9. The number of hydrogen-bond acceptors (Lipinski definition) is 4. The van der Waals surface area contributed by atoms with Crippen molar-refractivity contribution in [2.24, 2.45) is 0 Å². The molecule has 1 amide bonds. The first kappa shape index (κ1) is 14.0. The number of nitrogens with zero attached hydrogens (tertiary/aromatic N) is 2. The van der Waals surface area contributed by atoms with Crippen LogP contribution in [0.4, 0.5) is 5.69 Å². The van der Waals surface area contributed by atoms with Gasteiger partial charge in [-0.3, -0.25) is 4.79 Å². The maximum Gasteiger partial charge on any atom is 0.220 e. The van der Waals surface area contributed by atoms with Crippen molar-refractivity contribution in [3.63, 3.8) is 0 Å². The minimum atomic E-state index is -0.0000203. The van der Waals surface area contributed by atoms with Crippen LogP contribution in [0.25, 0.3) is 0 Å². The number of nitrogens with one attached hydrogen (secondary N) is 1. The fraction of sp³-hybridized carbons (Fsp3) is 0.267. The van der Waals surface area contributed by atoms with Crippen molar-refractivity contribution in [1.82, 2.24) is 15.5 Å². The molecule has 1 atom stereocenters. The predicted octanol–water partition coefficient (Wildman–Crippen LogP) is 1.87. The van der Waals surface area contributed by atoms with E-state index in [9.17, 15) is 4.79 Å². The molecule has 0 spiro atoms. The third-order valence-electron chi connectivity index (χ3n) is 3.09. The molecule has 2 aromatic rings. The highest BCUT2D eigenvalue weighted by Crippen LogP contribution is 2.19. The maximum atomic E-state index is 11.9. The van der Waals surface area contributed by atoms with Gasteiger partial charge in [0.25, 0.3) is 0 Å². The molecule has 5 nitrogen and oxygen atoms in total. The molecule has 0 saturated heterocycles. The molecule has 0 bridgehead atoms. The monoisotopic (exact) mass is 270 g/mol. The third-order valence-corrected chi connectivity index (χ3v) is 3.09. The van der Waals surface area contributed by atoms with Crippen molar-refractivity contribution in [3.8, 4) is 0 Å². The Morgan fingerprint density at radius 3 is 2.70 bits per heavy atom. The molecule has 0 aliphatic heterocycles. The van der Waals surface area contributed by atoms with E-state index in [0.717, 1.165) is 16.9 Å². The second-order valence-electron chi connectivity index (χ2n) is 4.76. The molecule has 20 heavy (non-hydrogen) atoms. The van der Waals surface area contributed by atoms with Crippen LogP contribution in [0.15, 0.2) is 42.6 Å². The fourth-order valence-electron chi connectivity index (χ4n) is 1.91. The van der Waals surface area contributed by atoms with Crippen LogP contribution in [0.1, 0.15) is 30.5 Å². The average molecular weight is 270 g/mol. The molecule has 3 N–H and O–H groups in total. The average Bonchev–Trinajstić information content (AvgIpc) is 2.47. The van der Waals surface area contributed by atoms with Gasteiger partial charge in [-0.05, 0) is 35.7 Å². The summed E-state index contributed by atoms with van der Waals surface area (Å²) in [6, 6.07) is 11.2. The number of rotatable bonds is 5. The van der Waals surface area contributed by atoms with Crippen LogP contribution in [-0.4, -0.2) is 16.1 Å². The second-order valence-corrected chi connectivity index (χ2v) is 4.76. The van der Waals surface area contributed by atoms with Crippen molar-refractivity contribution < 1.29 is 4.79 Å². The zero-order valence-corrected chi connectivity index (χ0v) is 11.4. The molecule has 1 aromatic carbocycles. The van der Waals surface area contributed by atoms with Gasteiger partial charge >= 0.3 is 0 Å². The highest BCUT2D eigenvalue weighted by Gasteiger charge is 2.11. The van der Waals surface area contributed by atoms with E-state index in [2.05, 4.69) is 15.5 Å². The molecule has 1 unspecified atom stereocenters. The summed E-state index contributed by atoms with van der Waals surface area (Å²) < 4.78 is 0.